The zero-order valence-corrected chi connectivity index (χ0v) is 12.9. The fraction of sp³-hybridized carbons (Fsp3) is 0.533. The van der Waals surface area contributed by atoms with E-state index >= 15 is 0 Å². The third kappa shape index (κ3) is 2.91. The molecule has 1 fully saturated rings. The first kappa shape index (κ1) is 15.1. The maximum Gasteiger partial charge on any atom is 0.257 e. The molecule has 0 bridgehead atoms. The Bertz CT molecular complexity index is 517. The first-order valence-corrected chi connectivity index (χ1v) is 7.11. The molecule has 0 aromatic heterocycles. The highest BCUT2D eigenvalue weighted by Gasteiger charge is 2.36. The molecule has 1 aromatic rings. The summed E-state index contributed by atoms with van der Waals surface area (Å²) < 4.78 is 5.25. The van der Waals surface area contributed by atoms with Crippen molar-refractivity contribution < 1.29 is 9.53 Å². The molecule has 1 heterocycles. The average molecular weight is 297 g/mol. The maximum absolute atomic E-state index is 12.6. The summed E-state index contributed by atoms with van der Waals surface area (Å²) in [5.41, 5.74) is 6.58. The number of likely N-dealkylation sites (tertiary alicyclic amines) is 1. The highest BCUT2D eigenvalue weighted by Crippen LogP contribution is 2.30. The molecule has 0 spiro atoms. The monoisotopic (exact) mass is 296 g/mol. The number of halogens is 1. The lowest BCUT2D eigenvalue weighted by atomic mass is 9.79. The second-order valence-electron chi connectivity index (χ2n) is 5.96. The molecule has 1 aliphatic rings. The van der Waals surface area contributed by atoms with Crippen LogP contribution >= 0.6 is 11.6 Å². The third-order valence-electron chi connectivity index (χ3n) is 3.99. The van der Waals surface area contributed by atoms with Crippen molar-refractivity contribution in [1.29, 1.82) is 0 Å². The SMILES string of the molecule is COc1cc(Cl)ccc1C(=O)N1CCC(N)C(C)(C)C1. The van der Waals surface area contributed by atoms with Gasteiger partial charge in [0.2, 0.25) is 0 Å². The maximum atomic E-state index is 12.6. The molecule has 2 N–H and O–H groups in total. The van der Waals surface area contributed by atoms with Crippen molar-refractivity contribution in [2.75, 3.05) is 20.2 Å². The van der Waals surface area contributed by atoms with Crippen LogP contribution in [-0.4, -0.2) is 37.0 Å². The Balaban J connectivity index is 2.24. The van der Waals surface area contributed by atoms with Gasteiger partial charge in [-0.3, -0.25) is 4.79 Å². The Morgan fingerprint density at radius 2 is 2.20 bits per heavy atom. The lowest BCUT2D eigenvalue weighted by molar-refractivity contribution is 0.0530. The molecule has 20 heavy (non-hydrogen) atoms. The molecule has 2 rings (SSSR count). The minimum absolute atomic E-state index is 0.0292. The number of nitrogens with two attached hydrogens (primary N) is 1. The van der Waals surface area contributed by atoms with Gasteiger partial charge in [0.25, 0.3) is 5.91 Å². The Labute approximate surface area is 124 Å². The van der Waals surface area contributed by atoms with Gasteiger partial charge in [-0.25, -0.2) is 0 Å². The summed E-state index contributed by atoms with van der Waals surface area (Å²) in [5.74, 6) is 0.480. The molecule has 1 atom stereocenters. The largest absolute Gasteiger partial charge is 0.496 e. The number of methoxy groups -OCH3 is 1. The molecule has 1 aromatic carbocycles. The average Bonchev–Trinajstić information content (AvgIpc) is 2.40. The van der Waals surface area contributed by atoms with E-state index in [4.69, 9.17) is 22.1 Å². The molecular formula is C15H21ClN2O2. The fourth-order valence-corrected chi connectivity index (χ4v) is 2.72. The second kappa shape index (κ2) is 5.62. The van der Waals surface area contributed by atoms with E-state index in [0.717, 1.165) is 6.42 Å². The number of carbonyl (C=O) groups is 1. The van der Waals surface area contributed by atoms with Gasteiger partial charge in [-0.2, -0.15) is 0 Å². The number of ether oxygens (including phenoxy) is 1. The van der Waals surface area contributed by atoms with Gasteiger partial charge in [0.1, 0.15) is 5.75 Å². The standard InChI is InChI=1S/C15H21ClN2O2/c1-15(2)9-18(7-6-13(15)17)14(19)11-5-4-10(16)8-12(11)20-3/h4-5,8,13H,6-7,9,17H2,1-3H3. The number of hydrogen-bond acceptors (Lipinski definition) is 3. The zero-order valence-electron chi connectivity index (χ0n) is 12.1. The van der Waals surface area contributed by atoms with Crippen molar-refractivity contribution >= 4 is 17.5 Å². The third-order valence-corrected chi connectivity index (χ3v) is 4.23. The van der Waals surface area contributed by atoms with Gasteiger partial charge < -0.3 is 15.4 Å². The van der Waals surface area contributed by atoms with E-state index in [1.807, 2.05) is 4.90 Å². The molecule has 5 heteroatoms. The van der Waals surface area contributed by atoms with Crippen LogP contribution in [0.1, 0.15) is 30.6 Å². The van der Waals surface area contributed by atoms with Crippen molar-refractivity contribution in [3.8, 4) is 5.75 Å². The molecule has 0 saturated carbocycles. The Kier molecular flexibility index (Phi) is 4.25. The van der Waals surface area contributed by atoms with E-state index in [2.05, 4.69) is 13.8 Å². The smallest absolute Gasteiger partial charge is 0.257 e. The van der Waals surface area contributed by atoms with Crippen LogP contribution in [0.5, 0.6) is 5.75 Å². The fourth-order valence-electron chi connectivity index (χ4n) is 2.56. The van der Waals surface area contributed by atoms with Gasteiger partial charge >= 0.3 is 0 Å². The first-order valence-electron chi connectivity index (χ1n) is 6.73. The predicted octanol–water partition coefficient (Wildman–Crippen LogP) is 2.55. The lowest BCUT2D eigenvalue weighted by Gasteiger charge is -2.42. The second-order valence-corrected chi connectivity index (χ2v) is 6.39. The summed E-state index contributed by atoms with van der Waals surface area (Å²) in [7, 11) is 1.54. The van der Waals surface area contributed by atoms with Crippen LogP contribution in [0.3, 0.4) is 0 Å². The normalized spacial score (nSPS) is 21.6. The van der Waals surface area contributed by atoms with Gasteiger partial charge in [0.05, 0.1) is 12.7 Å². The summed E-state index contributed by atoms with van der Waals surface area (Å²) in [4.78, 5) is 14.5. The number of hydrogen-bond donors (Lipinski definition) is 1. The number of carbonyl (C=O) groups excluding carboxylic acids is 1. The van der Waals surface area contributed by atoms with E-state index in [9.17, 15) is 4.79 Å². The Morgan fingerprint density at radius 3 is 2.80 bits per heavy atom. The van der Waals surface area contributed by atoms with Crippen molar-refractivity contribution in [2.24, 2.45) is 11.1 Å². The molecule has 1 unspecified atom stereocenters. The molecule has 1 saturated heterocycles. The molecule has 1 aliphatic heterocycles. The highest BCUT2D eigenvalue weighted by atomic mass is 35.5. The topological polar surface area (TPSA) is 55.6 Å². The van der Waals surface area contributed by atoms with Crippen molar-refractivity contribution in [2.45, 2.75) is 26.3 Å². The summed E-state index contributed by atoms with van der Waals surface area (Å²) in [6, 6.07) is 5.21. The highest BCUT2D eigenvalue weighted by molar-refractivity contribution is 6.30. The minimum Gasteiger partial charge on any atom is -0.496 e. The lowest BCUT2D eigenvalue weighted by Crippen LogP contribution is -2.54. The first-order chi connectivity index (χ1) is 9.35. The van der Waals surface area contributed by atoms with Crippen molar-refractivity contribution in [1.82, 2.24) is 4.90 Å². The van der Waals surface area contributed by atoms with Gasteiger partial charge in [-0.1, -0.05) is 25.4 Å². The Hall–Kier alpha value is -1.26. The van der Waals surface area contributed by atoms with Crippen molar-refractivity contribution in [3.63, 3.8) is 0 Å². The van der Waals surface area contributed by atoms with Crippen LogP contribution in [0.2, 0.25) is 5.02 Å². The van der Waals surface area contributed by atoms with E-state index in [-0.39, 0.29) is 17.4 Å². The van der Waals surface area contributed by atoms with E-state index in [0.29, 0.717) is 29.4 Å². The van der Waals surface area contributed by atoms with Crippen LogP contribution in [0, 0.1) is 5.41 Å². The number of amides is 1. The molecule has 0 radical (unpaired) electrons. The Morgan fingerprint density at radius 1 is 1.50 bits per heavy atom. The predicted molar refractivity (Wildman–Crippen MR) is 80.3 cm³/mol. The van der Waals surface area contributed by atoms with Gasteiger partial charge in [-0.15, -0.1) is 0 Å². The molecule has 110 valence electrons. The van der Waals surface area contributed by atoms with Crippen LogP contribution in [0.4, 0.5) is 0 Å². The quantitative estimate of drug-likeness (QED) is 0.912. The van der Waals surface area contributed by atoms with E-state index in [1.165, 1.54) is 0 Å². The van der Waals surface area contributed by atoms with Crippen LogP contribution < -0.4 is 10.5 Å². The summed E-state index contributed by atoms with van der Waals surface area (Å²) in [6.45, 7) is 5.51. The van der Waals surface area contributed by atoms with Gasteiger partial charge in [0, 0.05) is 24.2 Å². The van der Waals surface area contributed by atoms with Crippen molar-refractivity contribution in [3.05, 3.63) is 28.8 Å². The van der Waals surface area contributed by atoms with Crippen LogP contribution in [-0.2, 0) is 0 Å². The zero-order chi connectivity index (χ0) is 14.9. The molecular weight excluding hydrogens is 276 g/mol. The van der Waals surface area contributed by atoms with E-state index in [1.54, 1.807) is 25.3 Å². The number of benzene rings is 1. The molecule has 0 aliphatic carbocycles. The summed E-state index contributed by atoms with van der Waals surface area (Å²) in [5, 5.41) is 0.555. The minimum atomic E-state index is -0.0758. The summed E-state index contributed by atoms with van der Waals surface area (Å²) >= 11 is 5.93. The van der Waals surface area contributed by atoms with Gasteiger partial charge in [-0.05, 0) is 30.0 Å². The van der Waals surface area contributed by atoms with Crippen LogP contribution in [0.25, 0.3) is 0 Å². The molecule has 1 amide bonds. The molecule has 4 nitrogen and oxygen atoms in total. The van der Waals surface area contributed by atoms with Crippen LogP contribution in [0.15, 0.2) is 18.2 Å². The number of rotatable bonds is 2. The summed E-state index contributed by atoms with van der Waals surface area (Å²) in [6.07, 6.45) is 0.814. The number of piperidine rings is 1. The van der Waals surface area contributed by atoms with Gasteiger partial charge in [0.15, 0.2) is 0 Å². The van der Waals surface area contributed by atoms with E-state index < -0.39 is 0 Å². The number of nitrogens with zero attached hydrogens (tertiary/aromatic N) is 1.